The van der Waals surface area contributed by atoms with E-state index in [1.54, 1.807) is 0 Å². The van der Waals surface area contributed by atoms with E-state index in [1.807, 2.05) is 0 Å². The topological polar surface area (TPSA) is 78.3 Å². The van der Waals surface area contributed by atoms with Crippen LogP contribution in [-0.2, 0) is 9.53 Å². The molecule has 0 aromatic rings. The lowest BCUT2D eigenvalue weighted by Gasteiger charge is -2.24. The number of hydrogen-bond donors (Lipinski definition) is 2. The van der Waals surface area contributed by atoms with Crippen LogP contribution in [-0.4, -0.2) is 25.7 Å². The number of nitrogens with two attached hydrogens (primary N) is 2. The highest BCUT2D eigenvalue weighted by Gasteiger charge is 2.21. The number of carbonyl (C=O) groups excluding carboxylic acids is 1. The van der Waals surface area contributed by atoms with Crippen LogP contribution in [0.15, 0.2) is 0 Å². The van der Waals surface area contributed by atoms with E-state index in [0.29, 0.717) is 12.5 Å². The van der Waals surface area contributed by atoms with Crippen LogP contribution in [0, 0.1) is 11.8 Å². The molecule has 1 aliphatic heterocycles. The highest BCUT2D eigenvalue weighted by Crippen LogP contribution is 2.20. The summed E-state index contributed by atoms with van der Waals surface area (Å²) >= 11 is 0. The summed E-state index contributed by atoms with van der Waals surface area (Å²) in [6.07, 6.45) is 3.00. The highest BCUT2D eigenvalue weighted by atomic mass is 16.5. The van der Waals surface area contributed by atoms with Crippen LogP contribution in [0.4, 0.5) is 0 Å². The van der Waals surface area contributed by atoms with Gasteiger partial charge in [0.15, 0.2) is 0 Å². The maximum absolute atomic E-state index is 10.9. The molecule has 0 bridgehead atoms. The predicted molar refractivity (Wildman–Crippen MR) is 49.9 cm³/mol. The summed E-state index contributed by atoms with van der Waals surface area (Å²) in [6.45, 7) is 1.95. The molecule has 1 aliphatic rings. The lowest BCUT2D eigenvalue weighted by atomic mass is 9.90. The number of ether oxygens (including phenoxy) is 1. The fraction of sp³-hybridized carbons (Fsp3) is 0.889. The van der Waals surface area contributed by atoms with Crippen LogP contribution in [0.2, 0.25) is 0 Å². The van der Waals surface area contributed by atoms with Gasteiger partial charge in [0, 0.05) is 19.8 Å². The number of hydrogen-bond acceptors (Lipinski definition) is 3. The van der Waals surface area contributed by atoms with Crippen LogP contribution in [0.25, 0.3) is 0 Å². The standard InChI is InChI=1S/C9H18N2O2/c10-5-8(9(11)12)4-7-2-1-3-13-6-7/h7-8H,1-6,10H2,(H2,11,12). The Balaban J connectivity index is 2.31. The van der Waals surface area contributed by atoms with Crippen molar-refractivity contribution in [2.75, 3.05) is 19.8 Å². The van der Waals surface area contributed by atoms with Gasteiger partial charge >= 0.3 is 0 Å². The van der Waals surface area contributed by atoms with E-state index in [9.17, 15) is 4.79 Å². The van der Waals surface area contributed by atoms with Crippen molar-refractivity contribution in [3.8, 4) is 0 Å². The first kappa shape index (κ1) is 10.5. The lowest BCUT2D eigenvalue weighted by Crippen LogP contribution is -2.33. The SMILES string of the molecule is NCC(CC1CCCOC1)C(N)=O. The van der Waals surface area contributed by atoms with Gasteiger partial charge in [0.2, 0.25) is 5.91 Å². The average molecular weight is 186 g/mol. The summed E-state index contributed by atoms with van der Waals surface area (Å²) < 4.78 is 5.31. The Morgan fingerprint density at radius 2 is 2.38 bits per heavy atom. The van der Waals surface area contributed by atoms with Gasteiger partial charge in [-0.15, -0.1) is 0 Å². The van der Waals surface area contributed by atoms with Crippen molar-refractivity contribution in [2.45, 2.75) is 19.3 Å². The molecule has 4 N–H and O–H groups in total. The first-order valence-electron chi connectivity index (χ1n) is 4.81. The predicted octanol–water partition coefficient (Wildman–Crippen LogP) is -0.137. The van der Waals surface area contributed by atoms with Gasteiger partial charge in [0.05, 0.1) is 5.92 Å². The van der Waals surface area contributed by atoms with Crippen molar-refractivity contribution in [1.29, 1.82) is 0 Å². The monoisotopic (exact) mass is 186 g/mol. The van der Waals surface area contributed by atoms with Gasteiger partial charge in [-0.3, -0.25) is 4.79 Å². The Labute approximate surface area is 78.6 Å². The zero-order valence-corrected chi connectivity index (χ0v) is 7.87. The third-order valence-electron chi connectivity index (χ3n) is 2.56. The van der Waals surface area contributed by atoms with Gasteiger partial charge in [0.25, 0.3) is 0 Å². The molecule has 4 heteroatoms. The molecular weight excluding hydrogens is 168 g/mol. The van der Waals surface area contributed by atoms with Crippen LogP contribution < -0.4 is 11.5 Å². The third kappa shape index (κ3) is 3.32. The molecule has 1 fully saturated rings. The van der Waals surface area contributed by atoms with E-state index in [0.717, 1.165) is 32.5 Å². The maximum Gasteiger partial charge on any atom is 0.221 e. The van der Waals surface area contributed by atoms with Gasteiger partial charge in [-0.05, 0) is 25.2 Å². The highest BCUT2D eigenvalue weighted by molar-refractivity contribution is 5.76. The molecule has 1 rings (SSSR count). The van der Waals surface area contributed by atoms with Crippen molar-refractivity contribution in [3.63, 3.8) is 0 Å². The van der Waals surface area contributed by atoms with Crippen LogP contribution in [0.5, 0.6) is 0 Å². The van der Waals surface area contributed by atoms with E-state index in [1.165, 1.54) is 0 Å². The second kappa shape index (κ2) is 5.19. The van der Waals surface area contributed by atoms with Crippen LogP contribution in [0.3, 0.4) is 0 Å². The normalized spacial score (nSPS) is 25.5. The van der Waals surface area contributed by atoms with Gasteiger partial charge in [-0.2, -0.15) is 0 Å². The smallest absolute Gasteiger partial charge is 0.221 e. The van der Waals surface area contributed by atoms with E-state index >= 15 is 0 Å². The molecule has 1 saturated heterocycles. The fourth-order valence-corrected chi connectivity index (χ4v) is 1.72. The molecule has 76 valence electrons. The van der Waals surface area contributed by atoms with E-state index in [2.05, 4.69) is 0 Å². The zero-order valence-electron chi connectivity index (χ0n) is 7.87. The molecule has 0 radical (unpaired) electrons. The molecule has 0 aromatic heterocycles. The number of rotatable bonds is 4. The lowest BCUT2D eigenvalue weighted by molar-refractivity contribution is -0.122. The summed E-state index contributed by atoms with van der Waals surface area (Å²) in [5, 5.41) is 0. The first-order chi connectivity index (χ1) is 6.24. The van der Waals surface area contributed by atoms with Gasteiger partial charge < -0.3 is 16.2 Å². The number of carbonyl (C=O) groups is 1. The molecule has 0 aliphatic carbocycles. The minimum absolute atomic E-state index is 0.174. The second-order valence-electron chi connectivity index (χ2n) is 3.65. The van der Waals surface area contributed by atoms with Crippen molar-refractivity contribution in [2.24, 2.45) is 23.3 Å². The van der Waals surface area contributed by atoms with E-state index < -0.39 is 0 Å². The van der Waals surface area contributed by atoms with Crippen LogP contribution in [0.1, 0.15) is 19.3 Å². The van der Waals surface area contributed by atoms with E-state index in [4.69, 9.17) is 16.2 Å². The summed E-state index contributed by atoms with van der Waals surface area (Å²) in [7, 11) is 0. The Hall–Kier alpha value is -0.610. The molecule has 0 saturated carbocycles. The Morgan fingerprint density at radius 1 is 1.62 bits per heavy atom. The number of amides is 1. The summed E-state index contributed by atoms with van der Waals surface area (Å²) in [4.78, 5) is 10.9. The average Bonchev–Trinajstić information content (AvgIpc) is 2.15. The van der Waals surface area contributed by atoms with Crippen molar-refractivity contribution in [3.05, 3.63) is 0 Å². The van der Waals surface area contributed by atoms with Gasteiger partial charge in [-0.1, -0.05) is 0 Å². The Kier molecular flexibility index (Phi) is 4.18. The minimum atomic E-state index is -0.284. The summed E-state index contributed by atoms with van der Waals surface area (Å²) in [5.41, 5.74) is 10.7. The summed E-state index contributed by atoms with van der Waals surface area (Å²) in [5.74, 6) is 0.00886. The minimum Gasteiger partial charge on any atom is -0.381 e. The Morgan fingerprint density at radius 3 is 2.85 bits per heavy atom. The molecular formula is C9H18N2O2. The Bertz CT molecular complexity index is 167. The largest absolute Gasteiger partial charge is 0.381 e. The maximum atomic E-state index is 10.9. The van der Waals surface area contributed by atoms with Crippen LogP contribution >= 0.6 is 0 Å². The quantitative estimate of drug-likeness (QED) is 0.641. The number of primary amides is 1. The molecule has 4 nitrogen and oxygen atoms in total. The molecule has 0 spiro atoms. The molecule has 0 aromatic carbocycles. The molecule has 13 heavy (non-hydrogen) atoms. The molecule has 2 atom stereocenters. The molecule has 1 heterocycles. The molecule has 1 amide bonds. The van der Waals surface area contributed by atoms with Crippen molar-refractivity contribution in [1.82, 2.24) is 0 Å². The summed E-state index contributed by atoms with van der Waals surface area (Å²) in [6, 6.07) is 0. The fourth-order valence-electron chi connectivity index (χ4n) is 1.72. The van der Waals surface area contributed by atoms with Gasteiger partial charge in [-0.25, -0.2) is 0 Å². The van der Waals surface area contributed by atoms with Crippen molar-refractivity contribution < 1.29 is 9.53 Å². The van der Waals surface area contributed by atoms with E-state index in [-0.39, 0.29) is 11.8 Å². The zero-order chi connectivity index (χ0) is 9.68. The van der Waals surface area contributed by atoms with Gasteiger partial charge in [0.1, 0.15) is 0 Å². The third-order valence-corrected chi connectivity index (χ3v) is 2.56. The van der Waals surface area contributed by atoms with Crippen molar-refractivity contribution >= 4 is 5.91 Å². The molecule has 2 unspecified atom stereocenters. The second-order valence-corrected chi connectivity index (χ2v) is 3.65. The first-order valence-corrected chi connectivity index (χ1v) is 4.81.